The van der Waals surface area contributed by atoms with Gasteiger partial charge in [-0.2, -0.15) is 15.0 Å². The Bertz CT molecular complexity index is 515. The van der Waals surface area contributed by atoms with E-state index in [9.17, 15) is 4.79 Å². The van der Waals surface area contributed by atoms with Crippen LogP contribution in [0.2, 0.25) is 0 Å². The molecule has 1 atom stereocenters. The second-order valence-corrected chi connectivity index (χ2v) is 5.43. The van der Waals surface area contributed by atoms with Crippen LogP contribution in [0.3, 0.4) is 0 Å². The average molecular weight is 291 g/mol. The summed E-state index contributed by atoms with van der Waals surface area (Å²) in [7, 11) is 1.79. The Labute approximate surface area is 123 Å². The van der Waals surface area contributed by atoms with Crippen LogP contribution in [-0.2, 0) is 4.79 Å². The predicted octanol–water partition coefficient (Wildman–Crippen LogP) is 0.204. The maximum absolute atomic E-state index is 11.3. The number of hydrogen-bond donors (Lipinski definition) is 3. The normalized spacial score (nSPS) is 22.0. The van der Waals surface area contributed by atoms with Gasteiger partial charge < -0.3 is 20.9 Å². The van der Waals surface area contributed by atoms with Gasteiger partial charge in [-0.1, -0.05) is 0 Å². The predicted molar refractivity (Wildman–Crippen MR) is 80.5 cm³/mol. The number of anilines is 3. The molecular formula is C13H21N7O. The molecule has 3 rings (SSSR count). The number of carbonyl (C=O) groups is 1. The standard InChI is InChI=1S/C13H21N7O/c1-14-11-17-12(16-9-7-10(21)15-8-9)19-13(18-11)20-5-3-2-4-6-20/h9H,2-8H2,1H3,(H,15,21)(H2,14,16,17,18,19). The highest BCUT2D eigenvalue weighted by Crippen LogP contribution is 2.19. The Balaban J connectivity index is 1.77. The number of hydrogen-bond acceptors (Lipinski definition) is 7. The molecule has 8 heteroatoms. The van der Waals surface area contributed by atoms with Crippen molar-refractivity contribution in [2.75, 3.05) is 42.2 Å². The SMILES string of the molecule is CNc1nc(NC2CNC(=O)C2)nc(N2CCCCC2)n1. The first-order valence-electron chi connectivity index (χ1n) is 7.46. The van der Waals surface area contributed by atoms with Gasteiger partial charge in [0, 0.05) is 33.1 Å². The summed E-state index contributed by atoms with van der Waals surface area (Å²) >= 11 is 0. The van der Waals surface area contributed by atoms with E-state index >= 15 is 0 Å². The summed E-state index contributed by atoms with van der Waals surface area (Å²) in [6.07, 6.45) is 4.07. The molecule has 0 spiro atoms. The van der Waals surface area contributed by atoms with Crippen molar-refractivity contribution in [1.82, 2.24) is 20.3 Å². The third-order valence-electron chi connectivity index (χ3n) is 3.80. The van der Waals surface area contributed by atoms with Crippen molar-refractivity contribution in [3.63, 3.8) is 0 Å². The topological polar surface area (TPSA) is 95.1 Å². The second kappa shape index (κ2) is 6.11. The van der Waals surface area contributed by atoms with Gasteiger partial charge in [0.1, 0.15) is 0 Å². The molecular weight excluding hydrogens is 270 g/mol. The minimum atomic E-state index is 0.0406. The van der Waals surface area contributed by atoms with Gasteiger partial charge in [0.25, 0.3) is 0 Å². The Morgan fingerprint density at radius 3 is 2.57 bits per heavy atom. The summed E-state index contributed by atoms with van der Waals surface area (Å²) in [5.74, 6) is 1.84. The van der Waals surface area contributed by atoms with Gasteiger partial charge in [0.15, 0.2) is 0 Å². The van der Waals surface area contributed by atoms with Gasteiger partial charge in [-0.3, -0.25) is 4.79 Å². The monoisotopic (exact) mass is 291 g/mol. The second-order valence-electron chi connectivity index (χ2n) is 5.43. The van der Waals surface area contributed by atoms with Gasteiger partial charge >= 0.3 is 0 Å². The van der Waals surface area contributed by atoms with E-state index in [1.807, 2.05) is 0 Å². The summed E-state index contributed by atoms with van der Waals surface area (Å²) < 4.78 is 0. The molecule has 1 unspecified atom stereocenters. The summed E-state index contributed by atoms with van der Waals surface area (Å²) in [6.45, 7) is 2.57. The van der Waals surface area contributed by atoms with Crippen LogP contribution >= 0.6 is 0 Å². The molecule has 114 valence electrons. The maximum atomic E-state index is 11.3. The molecule has 2 saturated heterocycles. The number of amides is 1. The number of rotatable bonds is 4. The molecule has 21 heavy (non-hydrogen) atoms. The van der Waals surface area contributed by atoms with Gasteiger partial charge in [-0.15, -0.1) is 0 Å². The zero-order valence-electron chi connectivity index (χ0n) is 12.2. The third-order valence-corrected chi connectivity index (χ3v) is 3.80. The number of carbonyl (C=O) groups excluding carboxylic acids is 1. The lowest BCUT2D eigenvalue weighted by molar-refractivity contribution is -0.119. The van der Waals surface area contributed by atoms with Crippen molar-refractivity contribution in [2.24, 2.45) is 0 Å². The highest BCUT2D eigenvalue weighted by atomic mass is 16.1. The first-order chi connectivity index (χ1) is 10.2. The Kier molecular flexibility index (Phi) is 4.03. The number of piperidine rings is 1. The molecule has 1 aromatic rings. The molecule has 3 N–H and O–H groups in total. The molecule has 0 aliphatic carbocycles. The minimum Gasteiger partial charge on any atom is -0.357 e. The van der Waals surface area contributed by atoms with Crippen molar-refractivity contribution in [2.45, 2.75) is 31.7 Å². The molecule has 1 amide bonds. The van der Waals surface area contributed by atoms with Gasteiger partial charge in [0.05, 0.1) is 6.04 Å². The van der Waals surface area contributed by atoms with E-state index in [1.165, 1.54) is 19.3 Å². The molecule has 1 aromatic heterocycles. The van der Waals surface area contributed by atoms with Crippen molar-refractivity contribution < 1.29 is 4.79 Å². The summed E-state index contributed by atoms with van der Waals surface area (Å²) in [4.78, 5) is 26.7. The molecule has 0 bridgehead atoms. The van der Waals surface area contributed by atoms with Crippen LogP contribution in [0, 0.1) is 0 Å². The number of aromatic nitrogens is 3. The molecule has 8 nitrogen and oxygen atoms in total. The zero-order valence-corrected chi connectivity index (χ0v) is 12.2. The Morgan fingerprint density at radius 1 is 1.14 bits per heavy atom. The van der Waals surface area contributed by atoms with Crippen LogP contribution in [0.25, 0.3) is 0 Å². The van der Waals surface area contributed by atoms with Crippen LogP contribution in [0.1, 0.15) is 25.7 Å². The van der Waals surface area contributed by atoms with Gasteiger partial charge in [-0.25, -0.2) is 0 Å². The summed E-state index contributed by atoms with van der Waals surface area (Å²) in [5, 5.41) is 8.98. The van der Waals surface area contributed by atoms with Crippen LogP contribution in [0.5, 0.6) is 0 Å². The molecule has 0 radical (unpaired) electrons. The zero-order chi connectivity index (χ0) is 14.7. The van der Waals surface area contributed by atoms with Crippen molar-refractivity contribution in [3.8, 4) is 0 Å². The maximum Gasteiger partial charge on any atom is 0.231 e. The number of nitrogens with one attached hydrogen (secondary N) is 3. The van der Waals surface area contributed by atoms with E-state index in [0.717, 1.165) is 13.1 Å². The Hall–Kier alpha value is -2.12. The van der Waals surface area contributed by atoms with E-state index in [0.29, 0.717) is 30.8 Å². The van der Waals surface area contributed by atoms with E-state index < -0.39 is 0 Å². The van der Waals surface area contributed by atoms with Crippen LogP contribution in [0.15, 0.2) is 0 Å². The van der Waals surface area contributed by atoms with Crippen LogP contribution in [-0.4, -0.2) is 53.6 Å². The fourth-order valence-corrected chi connectivity index (χ4v) is 2.67. The lowest BCUT2D eigenvalue weighted by Gasteiger charge is -2.27. The largest absolute Gasteiger partial charge is 0.357 e. The molecule has 2 fully saturated rings. The lowest BCUT2D eigenvalue weighted by atomic mass is 10.1. The minimum absolute atomic E-state index is 0.0406. The molecule has 0 saturated carbocycles. The fourth-order valence-electron chi connectivity index (χ4n) is 2.67. The molecule has 3 heterocycles. The van der Waals surface area contributed by atoms with Crippen molar-refractivity contribution in [3.05, 3.63) is 0 Å². The average Bonchev–Trinajstić information content (AvgIpc) is 2.93. The van der Waals surface area contributed by atoms with Crippen LogP contribution < -0.4 is 20.9 Å². The van der Waals surface area contributed by atoms with Crippen molar-refractivity contribution in [1.29, 1.82) is 0 Å². The fraction of sp³-hybridized carbons (Fsp3) is 0.692. The Morgan fingerprint density at radius 2 is 1.90 bits per heavy atom. The lowest BCUT2D eigenvalue weighted by Crippen LogP contribution is -2.32. The summed E-state index contributed by atoms with van der Waals surface area (Å²) in [6, 6.07) is 0.0406. The van der Waals surface area contributed by atoms with E-state index in [1.54, 1.807) is 7.05 Å². The highest BCUT2D eigenvalue weighted by molar-refractivity contribution is 5.79. The third kappa shape index (κ3) is 3.32. The van der Waals surface area contributed by atoms with Gasteiger partial charge in [0.2, 0.25) is 23.8 Å². The quantitative estimate of drug-likeness (QED) is 0.729. The van der Waals surface area contributed by atoms with Crippen molar-refractivity contribution >= 4 is 23.8 Å². The highest BCUT2D eigenvalue weighted by Gasteiger charge is 2.23. The number of nitrogens with zero attached hydrogens (tertiary/aromatic N) is 4. The molecule has 2 aliphatic rings. The molecule has 2 aliphatic heterocycles. The van der Waals surface area contributed by atoms with E-state index in [-0.39, 0.29) is 11.9 Å². The van der Waals surface area contributed by atoms with Crippen LogP contribution in [0.4, 0.5) is 17.8 Å². The van der Waals surface area contributed by atoms with E-state index in [4.69, 9.17) is 0 Å². The summed E-state index contributed by atoms with van der Waals surface area (Å²) in [5.41, 5.74) is 0. The smallest absolute Gasteiger partial charge is 0.231 e. The first-order valence-corrected chi connectivity index (χ1v) is 7.46. The first kappa shape index (κ1) is 13.8. The van der Waals surface area contributed by atoms with Gasteiger partial charge in [-0.05, 0) is 19.3 Å². The van der Waals surface area contributed by atoms with E-state index in [2.05, 4.69) is 35.8 Å². The molecule has 0 aromatic carbocycles.